The van der Waals surface area contributed by atoms with Gasteiger partial charge in [0.05, 0.1) is 18.4 Å². The van der Waals surface area contributed by atoms with Gasteiger partial charge in [0.2, 0.25) is 0 Å². The Morgan fingerprint density at radius 2 is 2.08 bits per heavy atom. The number of para-hydroxylation sites is 1. The number of ether oxygens (including phenoxy) is 1. The topological polar surface area (TPSA) is 44.8 Å². The van der Waals surface area contributed by atoms with Crippen LogP contribution in [0.5, 0.6) is 5.75 Å². The van der Waals surface area contributed by atoms with E-state index in [9.17, 15) is 4.79 Å². The molecule has 3 rings (SSSR count). The number of methoxy groups -OCH3 is 1. The number of amides is 1. The number of nitrogens with one attached hydrogen (secondary N) is 1. The van der Waals surface area contributed by atoms with Crippen LogP contribution in [0.3, 0.4) is 0 Å². The molecular formula is C21H27N3O2. The molecule has 2 aromatic carbocycles. The zero-order valence-corrected chi connectivity index (χ0v) is 15.7. The van der Waals surface area contributed by atoms with E-state index in [0.717, 1.165) is 43.2 Å². The number of benzene rings is 2. The van der Waals surface area contributed by atoms with Crippen LogP contribution in [0.4, 0.5) is 11.4 Å². The van der Waals surface area contributed by atoms with Gasteiger partial charge in [-0.1, -0.05) is 25.1 Å². The van der Waals surface area contributed by atoms with Gasteiger partial charge in [-0.3, -0.25) is 4.79 Å². The zero-order valence-electron chi connectivity index (χ0n) is 15.7. The number of anilines is 2. The number of carbonyl (C=O) groups excluding carboxylic acids is 1. The lowest BCUT2D eigenvalue weighted by atomic mass is 10.1. The van der Waals surface area contributed by atoms with Crippen molar-refractivity contribution in [1.29, 1.82) is 0 Å². The summed E-state index contributed by atoms with van der Waals surface area (Å²) >= 11 is 0. The summed E-state index contributed by atoms with van der Waals surface area (Å²) in [5.74, 6) is 0.867. The maximum Gasteiger partial charge on any atom is 0.256 e. The lowest BCUT2D eigenvalue weighted by Crippen LogP contribution is -2.36. The van der Waals surface area contributed by atoms with Crippen LogP contribution < -0.4 is 10.1 Å². The quantitative estimate of drug-likeness (QED) is 0.862. The number of hydrogen-bond donors (Lipinski definition) is 1. The summed E-state index contributed by atoms with van der Waals surface area (Å²) in [4.78, 5) is 17.4. The Balaban J connectivity index is 1.77. The fraction of sp³-hybridized carbons (Fsp3) is 0.381. The van der Waals surface area contributed by atoms with Crippen LogP contribution >= 0.6 is 0 Å². The summed E-state index contributed by atoms with van der Waals surface area (Å²) in [6, 6.07) is 15.8. The zero-order chi connectivity index (χ0) is 18.5. The third-order valence-electron chi connectivity index (χ3n) is 5.08. The highest BCUT2D eigenvalue weighted by atomic mass is 16.5. The Hall–Kier alpha value is -2.53. The van der Waals surface area contributed by atoms with E-state index in [1.54, 1.807) is 7.11 Å². The van der Waals surface area contributed by atoms with Gasteiger partial charge in [-0.25, -0.2) is 0 Å². The summed E-state index contributed by atoms with van der Waals surface area (Å²) in [5.41, 5.74) is 2.42. The lowest BCUT2D eigenvalue weighted by molar-refractivity contribution is 0.0782. The second kappa shape index (κ2) is 8.23. The number of likely N-dealkylation sites (N-methyl/N-ethyl adjacent to an activating group) is 1. The molecule has 1 fully saturated rings. The van der Waals surface area contributed by atoms with Crippen LogP contribution in [0.1, 0.15) is 23.7 Å². The predicted octanol–water partition coefficient (Wildman–Crippen LogP) is 3.61. The standard InChI is InChI=1S/C21H27N3O2/c1-4-23(2)17-12-13-24(15-17)21(25)19-10-5-6-11-20(19)22-16-8-7-9-18(14-16)26-3/h5-11,14,17,22H,4,12-13,15H2,1-3H3. The van der Waals surface area contributed by atoms with E-state index in [2.05, 4.69) is 24.2 Å². The molecule has 138 valence electrons. The van der Waals surface area contributed by atoms with Crippen LogP contribution in [-0.2, 0) is 0 Å². The van der Waals surface area contributed by atoms with Gasteiger partial charge in [-0.05, 0) is 44.3 Å². The molecule has 1 amide bonds. The van der Waals surface area contributed by atoms with Crippen molar-refractivity contribution in [1.82, 2.24) is 9.80 Å². The molecule has 1 heterocycles. The van der Waals surface area contributed by atoms with Crippen LogP contribution in [0.2, 0.25) is 0 Å². The predicted molar refractivity (Wildman–Crippen MR) is 105 cm³/mol. The lowest BCUT2D eigenvalue weighted by Gasteiger charge is -2.23. The van der Waals surface area contributed by atoms with Crippen LogP contribution in [0.15, 0.2) is 48.5 Å². The van der Waals surface area contributed by atoms with E-state index in [0.29, 0.717) is 11.6 Å². The molecule has 1 aliphatic heterocycles. The van der Waals surface area contributed by atoms with E-state index in [1.165, 1.54) is 0 Å². The Morgan fingerprint density at radius 1 is 1.27 bits per heavy atom. The Kier molecular flexibility index (Phi) is 5.78. The van der Waals surface area contributed by atoms with E-state index in [-0.39, 0.29) is 5.91 Å². The molecule has 0 aromatic heterocycles. The number of carbonyl (C=O) groups is 1. The number of hydrogen-bond acceptors (Lipinski definition) is 4. The first-order valence-electron chi connectivity index (χ1n) is 9.12. The molecule has 5 nitrogen and oxygen atoms in total. The average molecular weight is 353 g/mol. The fourth-order valence-corrected chi connectivity index (χ4v) is 3.35. The Bertz CT molecular complexity index is 762. The molecule has 1 aliphatic rings. The van der Waals surface area contributed by atoms with Crippen molar-refractivity contribution < 1.29 is 9.53 Å². The Labute approximate surface area is 155 Å². The van der Waals surface area contributed by atoms with Crippen molar-refractivity contribution in [3.05, 3.63) is 54.1 Å². The van der Waals surface area contributed by atoms with Gasteiger partial charge in [0.1, 0.15) is 5.75 Å². The minimum atomic E-state index is 0.0861. The second-order valence-electron chi connectivity index (χ2n) is 6.67. The maximum absolute atomic E-state index is 13.1. The van der Waals surface area contributed by atoms with Crippen molar-refractivity contribution >= 4 is 17.3 Å². The largest absolute Gasteiger partial charge is 0.497 e. The van der Waals surface area contributed by atoms with E-state index in [1.807, 2.05) is 53.4 Å². The van der Waals surface area contributed by atoms with Gasteiger partial charge in [-0.2, -0.15) is 0 Å². The molecule has 5 heteroatoms. The number of likely N-dealkylation sites (tertiary alicyclic amines) is 1. The monoisotopic (exact) mass is 353 g/mol. The van der Waals surface area contributed by atoms with Crippen molar-refractivity contribution in [3.8, 4) is 5.75 Å². The van der Waals surface area contributed by atoms with Crippen molar-refractivity contribution in [2.45, 2.75) is 19.4 Å². The average Bonchev–Trinajstić information content (AvgIpc) is 3.17. The molecule has 0 spiro atoms. The van der Waals surface area contributed by atoms with Crippen molar-refractivity contribution in [2.24, 2.45) is 0 Å². The summed E-state index contributed by atoms with van der Waals surface area (Å²) in [7, 11) is 3.77. The van der Waals surface area contributed by atoms with Crippen molar-refractivity contribution in [2.75, 3.05) is 39.1 Å². The van der Waals surface area contributed by atoms with Crippen LogP contribution in [-0.4, -0.2) is 55.5 Å². The van der Waals surface area contributed by atoms with Crippen LogP contribution in [0, 0.1) is 0 Å². The van der Waals surface area contributed by atoms with Gasteiger partial charge in [0, 0.05) is 30.9 Å². The van der Waals surface area contributed by atoms with Crippen molar-refractivity contribution in [3.63, 3.8) is 0 Å². The van der Waals surface area contributed by atoms with Gasteiger partial charge in [0.25, 0.3) is 5.91 Å². The third kappa shape index (κ3) is 3.99. The van der Waals surface area contributed by atoms with E-state index >= 15 is 0 Å². The second-order valence-corrected chi connectivity index (χ2v) is 6.67. The smallest absolute Gasteiger partial charge is 0.256 e. The minimum absolute atomic E-state index is 0.0861. The molecule has 1 unspecified atom stereocenters. The maximum atomic E-state index is 13.1. The fourth-order valence-electron chi connectivity index (χ4n) is 3.35. The molecule has 0 bridgehead atoms. The highest BCUT2D eigenvalue weighted by Crippen LogP contribution is 2.26. The van der Waals surface area contributed by atoms with E-state index in [4.69, 9.17) is 4.74 Å². The summed E-state index contributed by atoms with van der Waals surface area (Å²) in [5, 5.41) is 3.36. The minimum Gasteiger partial charge on any atom is -0.497 e. The van der Waals surface area contributed by atoms with Gasteiger partial charge < -0.3 is 19.9 Å². The molecule has 0 radical (unpaired) electrons. The van der Waals surface area contributed by atoms with Crippen LogP contribution in [0.25, 0.3) is 0 Å². The number of nitrogens with zero attached hydrogens (tertiary/aromatic N) is 2. The first kappa shape index (κ1) is 18.3. The normalized spacial score (nSPS) is 16.8. The molecule has 1 saturated heterocycles. The highest BCUT2D eigenvalue weighted by Gasteiger charge is 2.29. The van der Waals surface area contributed by atoms with Gasteiger partial charge in [-0.15, -0.1) is 0 Å². The molecule has 2 aromatic rings. The number of rotatable bonds is 6. The molecule has 1 N–H and O–H groups in total. The van der Waals surface area contributed by atoms with E-state index < -0.39 is 0 Å². The first-order valence-corrected chi connectivity index (χ1v) is 9.12. The summed E-state index contributed by atoms with van der Waals surface area (Å²) in [6.45, 7) is 4.75. The van der Waals surface area contributed by atoms with Gasteiger partial charge >= 0.3 is 0 Å². The first-order chi connectivity index (χ1) is 12.6. The summed E-state index contributed by atoms with van der Waals surface area (Å²) < 4.78 is 5.28. The van der Waals surface area contributed by atoms with Gasteiger partial charge in [0.15, 0.2) is 0 Å². The highest BCUT2D eigenvalue weighted by molar-refractivity contribution is 6.00. The SMILES string of the molecule is CCN(C)C1CCN(C(=O)c2ccccc2Nc2cccc(OC)c2)C1. The molecular weight excluding hydrogens is 326 g/mol. The third-order valence-corrected chi connectivity index (χ3v) is 5.08. The molecule has 0 aliphatic carbocycles. The molecule has 26 heavy (non-hydrogen) atoms. The Morgan fingerprint density at radius 3 is 2.85 bits per heavy atom. The summed E-state index contributed by atoms with van der Waals surface area (Å²) in [6.07, 6.45) is 1.03. The molecule has 1 atom stereocenters. The molecule has 0 saturated carbocycles.